The number of furan rings is 1. The average molecular weight is 325 g/mol. The van der Waals surface area contributed by atoms with Gasteiger partial charge >= 0.3 is 5.97 Å². The van der Waals surface area contributed by atoms with E-state index in [4.69, 9.17) is 4.42 Å². The summed E-state index contributed by atoms with van der Waals surface area (Å²) < 4.78 is 5.24. The first-order valence-corrected chi connectivity index (χ1v) is 8.47. The molecule has 1 aliphatic heterocycles. The van der Waals surface area contributed by atoms with Crippen LogP contribution < -0.4 is 0 Å². The van der Waals surface area contributed by atoms with E-state index in [9.17, 15) is 9.90 Å². The van der Waals surface area contributed by atoms with Crippen molar-refractivity contribution in [2.45, 2.75) is 19.3 Å². The molecular weight excluding hydrogens is 302 g/mol. The number of nitrogens with zero attached hydrogens (tertiary/aromatic N) is 1. The zero-order chi connectivity index (χ0) is 16.8. The molecule has 4 heteroatoms. The van der Waals surface area contributed by atoms with Gasteiger partial charge < -0.3 is 14.4 Å². The number of rotatable bonds is 6. The molecule has 4 nitrogen and oxygen atoms in total. The summed E-state index contributed by atoms with van der Waals surface area (Å²) in [6, 6.07) is 12.2. The number of benzene rings is 1. The number of carboxylic acids is 1. The SMILES string of the molecule is O=C(O)C1CCCN(CCC=C(c2ccccc2)c2ccoc2)C1. The molecule has 24 heavy (non-hydrogen) atoms. The van der Waals surface area contributed by atoms with Crippen molar-refractivity contribution in [3.8, 4) is 0 Å². The molecule has 0 spiro atoms. The van der Waals surface area contributed by atoms with E-state index in [1.807, 2.05) is 24.3 Å². The first-order chi connectivity index (χ1) is 11.7. The predicted octanol–water partition coefficient (Wildman–Crippen LogP) is 3.90. The molecule has 2 heterocycles. The lowest BCUT2D eigenvalue weighted by Gasteiger charge is -2.30. The van der Waals surface area contributed by atoms with Gasteiger partial charge in [-0.15, -0.1) is 0 Å². The molecule has 0 bridgehead atoms. The van der Waals surface area contributed by atoms with Crippen LogP contribution in [0.4, 0.5) is 0 Å². The van der Waals surface area contributed by atoms with Crippen LogP contribution >= 0.6 is 0 Å². The number of hydrogen-bond acceptors (Lipinski definition) is 3. The van der Waals surface area contributed by atoms with Gasteiger partial charge in [0.25, 0.3) is 0 Å². The van der Waals surface area contributed by atoms with Gasteiger partial charge in [-0.2, -0.15) is 0 Å². The largest absolute Gasteiger partial charge is 0.481 e. The van der Waals surface area contributed by atoms with E-state index in [2.05, 4.69) is 23.1 Å². The molecular formula is C20H23NO3. The second kappa shape index (κ2) is 7.97. The predicted molar refractivity (Wildman–Crippen MR) is 93.6 cm³/mol. The average Bonchev–Trinajstić information content (AvgIpc) is 3.14. The fraction of sp³-hybridized carbons (Fsp3) is 0.350. The van der Waals surface area contributed by atoms with Crippen LogP contribution in [0.3, 0.4) is 0 Å². The number of carbonyl (C=O) groups is 1. The van der Waals surface area contributed by atoms with Crippen LogP contribution in [0.5, 0.6) is 0 Å². The van der Waals surface area contributed by atoms with Crippen molar-refractivity contribution in [1.82, 2.24) is 4.90 Å². The van der Waals surface area contributed by atoms with E-state index in [1.54, 1.807) is 12.5 Å². The molecule has 2 aromatic rings. The van der Waals surface area contributed by atoms with Crippen LogP contribution in [-0.2, 0) is 4.79 Å². The molecule has 1 atom stereocenters. The molecule has 0 amide bonds. The Balaban J connectivity index is 1.67. The maximum Gasteiger partial charge on any atom is 0.307 e. The van der Waals surface area contributed by atoms with Crippen molar-refractivity contribution in [1.29, 1.82) is 0 Å². The third-order valence-corrected chi connectivity index (χ3v) is 4.57. The fourth-order valence-corrected chi connectivity index (χ4v) is 3.29. The van der Waals surface area contributed by atoms with Crippen LogP contribution in [0.25, 0.3) is 5.57 Å². The molecule has 0 radical (unpaired) electrons. The highest BCUT2D eigenvalue weighted by atomic mass is 16.4. The topological polar surface area (TPSA) is 53.7 Å². The Morgan fingerprint density at radius 3 is 2.79 bits per heavy atom. The van der Waals surface area contributed by atoms with Gasteiger partial charge in [-0.25, -0.2) is 0 Å². The van der Waals surface area contributed by atoms with Crippen LogP contribution in [0, 0.1) is 5.92 Å². The summed E-state index contributed by atoms with van der Waals surface area (Å²) in [5.41, 5.74) is 3.40. The van der Waals surface area contributed by atoms with E-state index in [-0.39, 0.29) is 5.92 Å². The van der Waals surface area contributed by atoms with Gasteiger partial charge in [-0.05, 0) is 43.0 Å². The van der Waals surface area contributed by atoms with E-state index >= 15 is 0 Å². The summed E-state index contributed by atoms with van der Waals surface area (Å²) in [4.78, 5) is 13.4. The summed E-state index contributed by atoms with van der Waals surface area (Å²) in [6.07, 6.45) is 8.33. The van der Waals surface area contributed by atoms with Gasteiger partial charge in [-0.1, -0.05) is 36.4 Å². The van der Waals surface area contributed by atoms with Crippen molar-refractivity contribution >= 4 is 11.5 Å². The van der Waals surface area contributed by atoms with Crippen molar-refractivity contribution < 1.29 is 14.3 Å². The van der Waals surface area contributed by atoms with Crippen molar-refractivity contribution in [2.75, 3.05) is 19.6 Å². The number of likely N-dealkylation sites (tertiary alicyclic amines) is 1. The minimum atomic E-state index is -0.668. The maximum absolute atomic E-state index is 11.2. The number of aliphatic carboxylic acids is 1. The molecule has 1 aliphatic rings. The minimum Gasteiger partial charge on any atom is -0.481 e. The zero-order valence-electron chi connectivity index (χ0n) is 13.7. The van der Waals surface area contributed by atoms with Gasteiger partial charge in [0.15, 0.2) is 0 Å². The summed E-state index contributed by atoms with van der Waals surface area (Å²) in [5.74, 6) is -0.885. The standard InChI is InChI=1S/C20H23NO3/c22-20(23)17-8-4-11-21(14-17)12-5-9-19(18-10-13-24-15-18)16-6-2-1-3-7-16/h1-3,6-7,9-10,13,15,17H,4-5,8,11-12,14H2,(H,22,23). The molecule has 1 unspecified atom stereocenters. The summed E-state index contributed by atoms with van der Waals surface area (Å²) >= 11 is 0. The Kier molecular flexibility index (Phi) is 5.49. The van der Waals surface area contributed by atoms with Gasteiger partial charge in [0.05, 0.1) is 18.4 Å². The lowest BCUT2D eigenvalue weighted by molar-refractivity contribution is -0.143. The van der Waals surface area contributed by atoms with Crippen molar-refractivity contribution in [2.24, 2.45) is 5.92 Å². The highest BCUT2D eigenvalue weighted by molar-refractivity contribution is 5.79. The molecule has 1 N–H and O–H groups in total. The van der Waals surface area contributed by atoms with Crippen molar-refractivity contribution in [3.05, 3.63) is 66.1 Å². The second-order valence-corrected chi connectivity index (χ2v) is 6.26. The second-order valence-electron chi connectivity index (χ2n) is 6.26. The van der Waals surface area contributed by atoms with Crippen LogP contribution in [0.15, 0.2) is 59.4 Å². The molecule has 1 aromatic carbocycles. The Labute approximate surface area is 142 Å². The molecule has 0 saturated carbocycles. The number of carboxylic acid groups (broad SMARTS) is 1. The number of piperidine rings is 1. The monoisotopic (exact) mass is 325 g/mol. The van der Waals surface area contributed by atoms with E-state index in [1.165, 1.54) is 5.56 Å². The van der Waals surface area contributed by atoms with Crippen LogP contribution in [0.1, 0.15) is 30.4 Å². The summed E-state index contributed by atoms with van der Waals surface area (Å²) in [7, 11) is 0. The maximum atomic E-state index is 11.2. The normalized spacial score (nSPS) is 19.3. The minimum absolute atomic E-state index is 0.217. The van der Waals surface area contributed by atoms with Gasteiger partial charge in [-0.3, -0.25) is 4.79 Å². The fourth-order valence-electron chi connectivity index (χ4n) is 3.29. The van der Waals surface area contributed by atoms with Gasteiger partial charge in [0, 0.05) is 18.7 Å². The summed E-state index contributed by atoms with van der Waals surface area (Å²) in [5, 5.41) is 9.19. The number of hydrogen-bond donors (Lipinski definition) is 1. The van der Waals surface area contributed by atoms with Gasteiger partial charge in [0.1, 0.15) is 0 Å². The third-order valence-electron chi connectivity index (χ3n) is 4.57. The molecule has 1 aromatic heterocycles. The highest BCUT2D eigenvalue weighted by Gasteiger charge is 2.24. The first kappa shape index (κ1) is 16.5. The molecule has 126 valence electrons. The molecule has 1 fully saturated rings. The molecule has 1 saturated heterocycles. The Bertz CT molecular complexity index is 676. The first-order valence-electron chi connectivity index (χ1n) is 8.47. The lowest BCUT2D eigenvalue weighted by Crippen LogP contribution is -2.39. The Morgan fingerprint density at radius 1 is 1.25 bits per heavy atom. The van der Waals surface area contributed by atoms with E-state index in [0.717, 1.165) is 43.5 Å². The van der Waals surface area contributed by atoms with Gasteiger partial charge in [0.2, 0.25) is 0 Å². The zero-order valence-corrected chi connectivity index (χ0v) is 13.7. The Hall–Kier alpha value is -2.33. The molecule has 0 aliphatic carbocycles. The van der Waals surface area contributed by atoms with Crippen LogP contribution in [-0.4, -0.2) is 35.6 Å². The third kappa shape index (κ3) is 4.15. The Morgan fingerprint density at radius 2 is 2.08 bits per heavy atom. The van der Waals surface area contributed by atoms with E-state index in [0.29, 0.717) is 6.54 Å². The molecule has 3 rings (SSSR count). The smallest absolute Gasteiger partial charge is 0.307 e. The van der Waals surface area contributed by atoms with Crippen LogP contribution in [0.2, 0.25) is 0 Å². The quantitative estimate of drug-likeness (QED) is 0.875. The van der Waals surface area contributed by atoms with Crippen molar-refractivity contribution in [3.63, 3.8) is 0 Å². The highest BCUT2D eigenvalue weighted by Crippen LogP contribution is 2.24. The lowest BCUT2D eigenvalue weighted by atomic mass is 9.97. The van der Waals surface area contributed by atoms with E-state index < -0.39 is 5.97 Å². The summed E-state index contributed by atoms with van der Waals surface area (Å²) in [6.45, 7) is 2.54.